The molecule has 0 spiro atoms. The molecule has 1 aliphatic heterocycles. The third-order valence-electron chi connectivity index (χ3n) is 5.25. The van der Waals surface area contributed by atoms with E-state index in [0.29, 0.717) is 32.0 Å². The SMILES string of the molecule is Cc1ccc(N(CC(=O)NCCN2CCOCC2)S(=O)(=O)c2ccccc2)cc1C. The van der Waals surface area contributed by atoms with Gasteiger partial charge in [0.05, 0.1) is 23.8 Å². The second-order valence-corrected chi connectivity index (χ2v) is 9.26. The van der Waals surface area contributed by atoms with Gasteiger partial charge in [-0.05, 0) is 49.2 Å². The van der Waals surface area contributed by atoms with Crippen molar-refractivity contribution >= 4 is 21.6 Å². The van der Waals surface area contributed by atoms with Crippen LogP contribution in [0.3, 0.4) is 0 Å². The molecule has 1 fully saturated rings. The number of ether oxygens (including phenoxy) is 1. The summed E-state index contributed by atoms with van der Waals surface area (Å²) < 4.78 is 33.1. The first-order valence-electron chi connectivity index (χ1n) is 10.1. The zero-order valence-corrected chi connectivity index (χ0v) is 18.3. The van der Waals surface area contributed by atoms with Crippen LogP contribution in [0.2, 0.25) is 0 Å². The molecule has 1 aliphatic rings. The lowest BCUT2D eigenvalue weighted by Crippen LogP contribution is -2.44. The van der Waals surface area contributed by atoms with E-state index in [-0.39, 0.29) is 17.3 Å². The van der Waals surface area contributed by atoms with Crippen LogP contribution < -0.4 is 9.62 Å². The van der Waals surface area contributed by atoms with Gasteiger partial charge in [-0.15, -0.1) is 0 Å². The van der Waals surface area contributed by atoms with Crippen LogP contribution in [-0.4, -0.2) is 65.2 Å². The highest BCUT2D eigenvalue weighted by atomic mass is 32.2. The summed E-state index contributed by atoms with van der Waals surface area (Å²) in [6.45, 7) is 7.87. The molecule has 0 radical (unpaired) electrons. The number of anilines is 1. The fourth-order valence-electron chi connectivity index (χ4n) is 3.28. The van der Waals surface area contributed by atoms with E-state index in [4.69, 9.17) is 4.74 Å². The van der Waals surface area contributed by atoms with E-state index in [1.807, 2.05) is 19.9 Å². The van der Waals surface area contributed by atoms with Crippen LogP contribution in [0, 0.1) is 13.8 Å². The van der Waals surface area contributed by atoms with Crippen molar-refractivity contribution in [2.24, 2.45) is 0 Å². The van der Waals surface area contributed by atoms with Gasteiger partial charge in [0.15, 0.2) is 0 Å². The number of benzene rings is 2. The fourth-order valence-corrected chi connectivity index (χ4v) is 4.71. The molecule has 0 aliphatic carbocycles. The second-order valence-electron chi connectivity index (χ2n) is 7.40. The Morgan fingerprint density at radius 3 is 2.43 bits per heavy atom. The lowest BCUT2D eigenvalue weighted by atomic mass is 10.1. The molecule has 8 heteroatoms. The molecule has 0 unspecified atom stereocenters. The van der Waals surface area contributed by atoms with E-state index in [9.17, 15) is 13.2 Å². The van der Waals surface area contributed by atoms with Crippen LogP contribution in [0.25, 0.3) is 0 Å². The molecule has 2 aromatic carbocycles. The van der Waals surface area contributed by atoms with Crippen LogP contribution in [0.4, 0.5) is 5.69 Å². The summed E-state index contributed by atoms with van der Waals surface area (Å²) in [7, 11) is -3.88. The highest BCUT2D eigenvalue weighted by Gasteiger charge is 2.27. The third-order valence-corrected chi connectivity index (χ3v) is 7.04. The van der Waals surface area contributed by atoms with Gasteiger partial charge in [0.25, 0.3) is 10.0 Å². The van der Waals surface area contributed by atoms with Crippen molar-refractivity contribution in [3.05, 3.63) is 59.7 Å². The van der Waals surface area contributed by atoms with Gasteiger partial charge in [-0.2, -0.15) is 0 Å². The number of hydrogen-bond acceptors (Lipinski definition) is 5. The normalized spacial score (nSPS) is 15.0. The summed E-state index contributed by atoms with van der Waals surface area (Å²) in [6.07, 6.45) is 0. The number of carbonyl (C=O) groups is 1. The zero-order valence-electron chi connectivity index (χ0n) is 17.5. The molecule has 0 aromatic heterocycles. The number of morpholine rings is 1. The van der Waals surface area contributed by atoms with Gasteiger partial charge in [0.1, 0.15) is 6.54 Å². The monoisotopic (exact) mass is 431 g/mol. The Bertz CT molecular complexity index is 958. The average Bonchev–Trinajstić information content (AvgIpc) is 2.75. The summed E-state index contributed by atoms with van der Waals surface area (Å²) in [6, 6.07) is 13.6. The van der Waals surface area contributed by atoms with E-state index < -0.39 is 10.0 Å². The number of amides is 1. The Kier molecular flexibility index (Phi) is 7.47. The molecule has 7 nitrogen and oxygen atoms in total. The number of sulfonamides is 1. The maximum absolute atomic E-state index is 13.3. The number of nitrogens with zero attached hydrogens (tertiary/aromatic N) is 2. The number of nitrogens with one attached hydrogen (secondary N) is 1. The van der Waals surface area contributed by atoms with Crippen molar-refractivity contribution in [3.8, 4) is 0 Å². The van der Waals surface area contributed by atoms with Crippen LogP contribution in [-0.2, 0) is 19.6 Å². The first kappa shape index (κ1) is 22.3. The summed E-state index contributed by atoms with van der Waals surface area (Å²) >= 11 is 0. The highest BCUT2D eigenvalue weighted by molar-refractivity contribution is 7.92. The van der Waals surface area contributed by atoms with E-state index in [1.54, 1.807) is 42.5 Å². The second kappa shape index (κ2) is 10.1. The maximum Gasteiger partial charge on any atom is 0.264 e. The van der Waals surface area contributed by atoms with E-state index in [1.165, 1.54) is 4.31 Å². The van der Waals surface area contributed by atoms with Crippen molar-refractivity contribution in [2.75, 3.05) is 50.2 Å². The first-order chi connectivity index (χ1) is 14.4. The third kappa shape index (κ3) is 5.59. The lowest BCUT2D eigenvalue weighted by molar-refractivity contribution is -0.119. The molecular weight excluding hydrogens is 402 g/mol. The quantitative estimate of drug-likeness (QED) is 0.691. The molecule has 1 N–H and O–H groups in total. The lowest BCUT2D eigenvalue weighted by Gasteiger charge is -2.27. The average molecular weight is 432 g/mol. The molecule has 1 amide bonds. The fraction of sp³-hybridized carbons (Fsp3) is 0.409. The van der Waals surface area contributed by atoms with Gasteiger partial charge >= 0.3 is 0 Å². The number of carbonyl (C=O) groups excluding carboxylic acids is 1. The van der Waals surface area contributed by atoms with Crippen molar-refractivity contribution < 1.29 is 17.9 Å². The van der Waals surface area contributed by atoms with Gasteiger partial charge in [-0.25, -0.2) is 8.42 Å². The molecular formula is C22H29N3O4S. The predicted molar refractivity (Wildman–Crippen MR) is 117 cm³/mol. The van der Waals surface area contributed by atoms with Gasteiger partial charge in [0, 0.05) is 26.2 Å². The van der Waals surface area contributed by atoms with Crippen molar-refractivity contribution in [1.29, 1.82) is 0 Å². The molecule has 1 saturated heterocycles. The van der Waals surface area contributed by atoms with Crippen molar-refractivity contribution in [3.63, 3.8) is 0 Å². The Labute approximate surface area is 178 Å². The number of hydrogen-bond donors (Lipinski definition) is 1. The molecule has 162 valence electrons. The molecule has 0 bridgehead atoms. The van der Waals surface area contributed by atoms with Crippen LogP contribution in [0.15, 0.2) is 53.4 Å². The Morgan fingerprint density at radius 2 is 1.77 bits per heavy atom. The Morgan fingerprint density at radius 1 is 1.07 bits per heavy atom. The van der Waals surface area contributed by atoms with Crippen LogP contribution >= 0.6 is 0 Å². The summed E-state index contributed by atoms with van der Waals surface area (Å²) in [5.74, 6) is -0.332. The predicted octanol–water partition coefficient (Wildman–Crippen LogP) is 1.95. The number of rotatable bonds is 8. The van der Waals surface area contributed by atoms with Crippen molar-refractivity contribution in [1.82, 2.24) is 10.2 Å². The van der Waals surface area contributed by atoms with E-state index >= 15 is 0 Å². The Balaban J connectivity index is 1.75. The van der Waals surface area contributed by atoms with Crippen LogP contribution in [0.1, 0.15) is 11.1 Å². The minimum absolute atomic E-state index is 0.157. The molecule has 1 heterocycles. The van der Waals surface area contributed by atoms with E-state index in [2.05, 4.69) is 10.2 Å². The molecule has 3 rings (SSSR count). The summed E-state index contributed by atoms with van der Waals surface area (Å²) in [5, 5.41) is 2.85. The summed E-state index contributed by atoms with van der Waals surface area (Å²) in [5.41, 5.74) is 2.50. The minimum atomic E-state index is -3.88. The maximum atomic E-state index is 13.3. The van der Waals surface area contributed by atoms with Gasteiger partial charge in [-0.3, -0.25) is 14.0 Å². The largest absolute Gasteiger partial charge is 0.379 e. The molecule has 0 saturated carbocycles. The van der Waals surface area contributed by atoms with Crippen LogP contribution in [0.5, 0.6) is 0 Å². The van der Waals surface area contributed by atoms with Gasteiger partial charge in [-0.1, -0.05) is 24.3 Å². The molecule has 0 atom stereocenters. The van der Waals surface area contributed by atoms with Gasteiger partial charge < -0.3 is 10.1 Å². The topological polar surface area (TPSA) is 79.0 Å². The van der Waals surface area contributed by atoms with Crippen molar-refractivity contribution in [2.45, 2.75) is 18.7 Å². The zero-order chi connectivity index (χ0) is 21.6. The molecule has 30 heavy (non-hydrogen) atoms. The van der Waals surface area contributed by atoms with E-state index in [0.717, 1.165) is 24.2 Å². The highest BCUT2D eigenvalue weighted by Crippen LogP contribution is 2.25. The van der Waals surface area contributed by atoms with Gasteiger partial charge in [0.2, 0.25) is 5.91 Å². The standard InChI is InChI=1S/C22H29N3O4S/c1-18-8-9-20(16-19(18)2)25(30(27,28)21-6-4-3-5-7-21)17-22(26)23-10-11-24-12-14-29-15-13-24/h3-9,16H,10-15,17H2,1-2H3,(H,23,26). The first-order valence-corrected chi connectivity index (χ1v) is 11.5. The smallest absolute Gasteiger partial charge is 0.264 e. The number of aryl methyl sites for hydroxylation is 2. The molecule has 2 aromatic rings. The Hall–Kier alpha value is -2.42. The minimum Gasteiger partial charge on any atom is -0.379 e. The summed E-state index contributed by atoms with van der Waals surface area (Å²) in [4.78, 5) is 15.0.